The van der Waals surface area contributed by atoms with E-state index in [1.165, 1.54) is 25.0 Å². The lowest BCUT2D eigenvalue weighted by atomic mass is 10.2. The molecule has 0 N–H and O–H groups in total. The molecule has 2 aliphatic heterocycles. The van der Waals surface area contributed by atoms with Gasteiger partial charge in [-0.05, 0) is 43.4 Å². The summed E-state index contributed by atoms with van der Waals surface area (Å²) in [5.41, 5.74) is 0.787. The Morgan fingerprint density at radius 2 is 1.87 bits per heavy atom. The maximum Gasteiger partial charge on any atom is 0.411 e. The van der Waals surface area contributed by atoms with Gasteiger partial charge in [-0.2, -0.15) is 0 Å². The van der Waals surface area contributed by atoms with Crippen LogP contribution >= 0.6 is 0 Å². The zero-order chi connectivity index (χ0) is 16.2. The summed E-state index contributed by atoms with van der Waals surface area (Å²) in [7, 11) is 0. The first-order valence-electron chi connectivity index (χ1n) is 8.06. The fourth-order valence-electron chi connectivity index (χ4n) is 3.32. The van der Waals surface area contributed by atoms with Crippen molar-refractivity contribution < 1.29 is 14.5 Å². The molecule has 0 aromatic heterocycles. The highest BCUT2D eigenvalue weighted by Crippen LogP contribution is 2.25. The van der Waals surface area contributed by atoms with E-state index in [1.807, 2.05) is 4.90 Å². The third kappa shape index (κ3) is 3.61. The molecule has 2 aliphatic rings. The number of benzene rings is 1. The molecule has 1 atom stereocenters. The van der Waals surface area contributed by atoms with Crippen molar-refractivity contribution in [2.45, 2.75) is 38.5 Å². The van der Waals surface area contributed by atoms with E-state index in [9.17, 15) is 14.9 Å². The highest BCUT2D eigenvalue weighted by atomic mass is 16.6. The summed E-state index contributed by atoms with van der Waals surface area (Å²) in [6.07, 6.45) is 4.28. The SMILES string of the molecule is O=C(OCc1ccc([N+](=O)[O-])cc1)N1CCCC1N1CCCC1. The Bertz CT molecular complexity index is 569. The molecule has 124 valence electrons. The predicted octanol–water partition coefficient (Wildman–Crippen LogP) is 2.75. The lowest BCUT2D eigenvalue weighted by Crippen LogP contribution is -2.46. The number of likely N-dealkylation sites (tertiary alicyclic amines) is 2. The Balaban J connectivity index is 1.55. The monoisotopic (exact) mass is 319 g/mol. The van der Waals surface area contributed by atoms with Crippen molar-refractivity contribution in [3.63, 3.8) is 0 Å². The lowest BCUT2D eigenvalue weighted by molar-refractivity contribution is -0.384. The molecule has 2 heterocycles. The largest absolute Gasteiger partial charge is 0.445 e. The number of nitro benzene ring substituents is 1. The highest BCUT2D eigenvalue weighted by Gasteiger charge is 2.35. The molecule has 7 nitrogen and oxygen atoms in total. The van der Waals surface area contributed by atoms with Gasteiger partial charge in [0.05, 0.1) is 11.1 Å². The Morgan fingerprint density at radius 3 is 2.52 bits per heavy atom. The molecule has 1 unspecified atom stereocenters. The van der Waals surface area contributed by atoms with Crippen LogP contribution in [0.5, 0.6) is 0 Å². The molecule has 0 spiro atoms. The van der Waals surface area contributed by atoms with Gasteiger partial charge in [0.15, 0.2) is 0 Å². The Morgan fingerprint density at radius 1 is 1.17 bits per heavy atom. The summed E-state index contributed by atoms with van der Waals surface area (Å²) in [5, 5.41) is 10.6. The quantitative estimate of drug-likeness (QED) is 0.630. The van der Waals surface area contributed by atoms with Crippen LogP contribution in [0, 0.1) is 10.1 Å². The van der Waals surface area contributed by atoms with Gasteiger partial charge in [0.1, 0.15) is 6.61 Å². The second-order valence-corrected chi connectivity index (χ2v) is 6.04. The fraction of sp³-hybridized carbons (Fsp3) is 0.562. The molecule has 3 rings (SSSR count). The van der Waals surface area contributed by atoms with E-state index >= 15 is 0 Å². The topological polar surface area (TPSA) is 75.9 Å². The molecule has 0 aliphatic carbocycles. The van der Waals surface area contributed by atoms with Gasteiger partial charge in [-0.3, -0.25) is 19.9 Å². The van der Waals surface area contributed by atoms with Crippen LogP contribution in [0.1, 0.15) is 31.2 Å². The Labute approximate surface area is 135 Å². The molecule has 1 aromatic rings. The summed E-state index contributed by atoms with van der Waals surface area (Å²) in [6.45, 7) is 2.98. The average Bonchev–Trinajstić information content (AvgIpc) is 3.23. The van der Waals surface area contributed by atoms with Gasteiger partial charge in [0.25, 0.3) is 5.69 Å². The van der Waals surface area contributed by atoms with E-state index in [1.54, 1.807) is 12.1 Å². The number of rotatable bonds is 4. The molecule has 2 fully saturated rings. The third-order valence-electron chi connectivity index (χ3n) is 4.53. The van der Waals surface area contributed by atoms with Crippen LogP contribution in [0.3, 0.4) is 0 Å². The summed E-state index contributed by atoms with van der Waals surface area (Å²) < 4.78 is 5.39. The summed E-state index contributed by atoms with van der Waals surface area (Å²) in [5.74, 6) is 0. The van der Waals surface area contributed by atoms with E-state index in [4.69, 9.17) is 4.74 Å². The fourth-order valence-corrected chi connectivity index (χ4v) is 3.32. The summed E-state index contributed by atoms with van der Waals surface area (Å²) in [6, 6.07) is 6.08. The number of hydrogen-bond acceptors (Lipinski definition) is 5. The average molecular weight is 319 g/mol. The zero-order valence-electron chi connectivity index (χ0n) is 13.0. The second kappa shape index (κ2) is 6.95. The van der Waals surface area contributed by atoms with Crippen LogP contribution in [-0.4, -0.2) is 46.6 Å². The van der Waals surface area contributed by atoms with Gasteiger partial charge in [0.2, 0.25) is 0 Å². The maximum atomic E-state index is 12.3. The molecular formula is C16H21N3O4. The molecule has 2 saturated heterocycles. The minimum atomic E-state index is -0.444. The van der Waals surface area contributed by atoms with Crippen LogP contribution in [0.25, 0.3) is 0 Å². The van der Waals surface area contributed by atoms with Gasteiger partial charge in [-0.15, -0.1) is 0 Å². The zero-order valence-corrected chi connectivity index (χ0v) is 13.0. The number of carbonyl (C=O) groups excluding carboxylic acids is 1. The number of non-ortho nitro benzene ring substituents is 1. The van der Waals surface area contributed by atoms with Crippen LogP contribution in [-0.2, 0) is 11.3 Å². The van der Waals surface area contributed by atoms with Crippen molar-refractivity contribution in [3.8, 4) is 0 Å². The Kier molecular flexibility index (Phi) is 4.76. The number of carbonyl (C=O) groups is 1. The summed E-state index contributed by atoms with van der Waals surface area (Å²) >= 11 is 0. The van der Waals surface area contributed by atoms with E-state index in [0.29, 0.717) is 0 Å². The van der Waals surface area contributed by atoms with Crippen molar-refractivity contribution in [2.75, 3.05) is 19.6 Å². The first-order chi connectivity index (χ1) is 11.1. The highest BCUT2D eigenvalue weighted by molar-refractivity contribution is 5.68. The molecule has 0 radical (unpaired) electrons. The first-order valence-corrected chi connectivity index (χ1v) is 8.06. The van der Waals surface area contributed by atoms with Crippen molar-refractivity contribution in [2.24, 2.45) is 0 Å². The van der Waals surface area contributed by atoms with E-state index < -0.39 is 4.92 Å². The number of nitrogens with zero attached hydrogens (tertiary/aromatic N) is 3. The van der Waals surface area contributed by atoms with Gasteiger partial charge < -0.3 is 4.74 Å². The molecule has 0 saturated carbocycles. The van der Waals surface area contributed by atoms with Crippen molar-refractivity contribution in [1.29, 1.82) is 0 Å². The van der Waals surface area contributed by atoms with Crippen LogP contribution in [0.2, 0.25) is 0 Å². The first kappa shape index (κ1) is 15.7. The number of amides is 1. The Hall–Kier alpha value is -2.15. The minimum absolute atomic E-state index is 0.0358. The summed E-state index contributed by atoms with van der Waals surface area (Å²) in [4.78, 5) is 26.7. The molecule has 1 amide bonds. The third-order valence-corrected chi connectivity index (χ3v) is 4.53. The molecule has 1 aromatic carbocycles. The van der Waals surface area contributed by atoms with Crippen LogP contribution in [0.4, 0.5) is 10.5 Å². The van der Waals surface area contributed by atoms with E-state index in [2.05, 4.69) is 4.90 Å². The van der Waals surface area contributed by atoms with Gasteiger partial charge in [0, 0.05) is 31.8 Å². The van der Waals surface area contributed by atoms with Crippen LogP contribution < -0.4 is 0 Å². The normalized spacial score (nSPS) is 21.6. The van der Waals surface area contributed by atoms with Gasteiger partial charge in [-0.1, -0.05) is 0 Å². The number of ether oxygens (including phenoxy) is 1. The smallest absolute Gasteiger partial charge is 0.411 e. The lowest BCUT2D eigenvalue weighted by Gasteiger charge is -2.31. The molecule has 7 heteroatoms. The van der Waals surface area contributed by atoms with Gasteiger partial charge >= 0.3 is 6.09 Å². The maximum absolute atomic E-state index is 12.3. The molecule has 23 heavy (non-hydrogen) atoms. The van der Waals surface area contributed by atoms with Crippen molar-refractivity contribution >= 4 is 11.8 Å². The predicted molar refractivity (Wildman–Crippen MR) is 83.8 cm³/mol. The van der Waals surface area contributed by atoms with E-state index in [0.717, 1.165) is 38.0 Å². The second-order valence-electron chi connectivity index (χ2n) is 6.04. The van der Waals surface area contributed by atoms with Crippen LogP contribution in [0.15, 0.2) is 24.3 Å². The number of nitro groups is 1. The van der Waals surface area contributed by atoms with Crippen molar-refractivity contribution in [3.05, 3.63) is 39.9 Å². The van der Waals surface area contributed by atoms with E-state index in [-0.39, 0.29) is 24.6 Å². The number of hydrogen-bond donors (Lipinski definition) is 0. The standard InChI is InChI=1S/C16H21N3O4/c20-16(18-11-3-4-15(18)17-9-1-2-10-17)23-12-13-5-7-14(8-6-13)19(21)22/h5-8,15H,1-4,9-12H2. The van der Waals surface area contributed by atoms with Gasteiger partial charge in [-0.25, -0.2) is 4.79 Å². The minimum Gasteiger partial charge on any atom is -0.445 e. The molecular weight excluding hydrogens is 298 g/mol. The molecule has 0 bridgehead atoms. The van der Waals surface area contributed by atoms with Crippen molar-refractivity contribution in [1.82, 2.24) is 9.80 Å².